The highest BCUT2D eigenvalue weighted by Crippen LogP contribution is 2.34. The molecule has 108 valence electrons. The number of nitrogens with two attached hydrogens (primary N) is 1. The lowest BCUT2D eigenvalue weighted by atomic mass is 9.86. The summed E-state index contributed by atoms with van der Waals surface area (Å²) in [7, 11) is 0. The van der Waals surface area contributed by atoms with E-state index in [0.29, 0.717) is 0 Å². The maximum absolute atomic E-state index is 6.60. The van der Waals surface area contributed by atoms with E-state index in [4.69, 9.17) is 5.73 Å². The van der Waals surface area contributed by atoms with Crippen LogP contribution in [0.2, 0.25) is 0 Å². The first-order valence-electron chi connectivity index (χ1n) is 7.52. The van der Waals surface area contributed by atoms with E-state index in [-0.39, 0.29) is 11.6 Å². The highest BCUT2D eigenvalue weighted by Gasteiger charge is 2.39. The number of aromatic nitrogens is 3. The fourth-order valence-electron chi connectivity index (χ4n) is 3.08. The summed E-state index contributed by atoms with van der Waals surface area (Å²) in [4.78, 5) is 2.54. The lowest BCUT2D eigenvalue weighted by Gasteiger charge is -2.42. The molecule has 2 unspecified atom stereocenters. The van der Waals surface area contributed by atoms with Gasteiger partial charge in [-0.3, -0.25) is 4.90 Å². The van der Waals surface area contributed by atoms with Gasteiger partial charge >= 0.3 is 0 Å². The largest absolute Gasteiger partial charge is 0.321 e. The lowest BCUT2D eigenvalue weighted by molar-refractivity contribution is 0.0964. The van der Waals surface area contributed by atoms with Gasteiger partial charge in [-0.15, -0.1) is 5.10 Å². The van der Waals surface area contributed by atoms with E-state index in [2.05, 4.69) is 36.0 Å². The second kappa shape index (κ2) is 6.01. The van der Waals surface area contributed by atoms with E-state index in [0.717, 1.165) is 38.2 Å². The van der Waals surface area contributed by atoms with Crippen molar-refractivity contribution < 1.29 is 0 Å². The molecular formula is C14H27N5. The van der Waals surface area contributed by atoms with Gasteiger partial charge in [-0.1, -0.05) is 19.1 Å². The normalized spacial score (nSPS) is 21.5. The number of hydrogen-bond acceptors (Lipinski definition) is 4. The second-order valence-corrected chi connectivity index (χ2v) is 5.76. The number of rotatable bonds is 6. The van der Waals surface area contributed by atoms with Crippen molar-refractivity contribution in [1.29, 1.82) is 0 Å². The average molecular weight is 265 g/mol. The smallest absolute Gasteiger partial charge is 0.0773 e. The molecule has 1 aromatic heterocycles. The molecule has 2 heterocycles. The summed E-state index contributed by atoms with van der Waals surface area (Å²) in [6.45, 7) is 9.87. The van der Waals surface area contributed by atoms with Crippen molar-refractivity contribution in [1.82, 2.24) is 19.9 Å². The molecule has 1 aliphatic heterocycles. The minimum absolute atomic E-state index is 0.00368. The SMILES string of the molecule is CCCn1nncc1C(N)C(C)(CC)N1CCCC1. The van der Waals surface area contributed by atoms with Crippen LogP contribution in [0.4, 0.5) is 0 Å². The van der Waals surface area contributed by atoms with Crippen molar-refractivity contribution in [3.8, 4) is 0 Å². The van der Waals surface area contributed by atoms with Gasteiger partial charge in [0.2, 0.25) is 0 Å². The zero-order chi connectivity index (χ0) is 13.9. The van der Waals surface area contributed by atoms with Crippen molar-refractivity contribution in [2.24, 2.45) is 5.73 Å². The van der Waals surface area contributed by atoms with Gasteiger partial charge in [0.15, 0.2) is 0 Å². The number of likely N-dealkylation sites (tertiary alicyclic amines) is 1. The first-order chi connectivity index (χ1) is 9.13. The summed E-state index contributed by atoms with van der Waals surface area (Å²) in [6.07, 6.45) is 6.51. The summed E-state index contributed by atoms with van der Waals surface area (Å²) in [5.41, 5.74) is 7.67. The third kappa shape index (κ3) is 2.67. The molecule has 1 saturated heterocycles. The van der Waals surface area contributed by atoms with Gasteiger partial charge in [-0.25, -0.2) is 4.68 Å². The molecule has 0 saturated carbocycles. The van der Waals surface area contributed by atoms with Crippen LogP contribution >= 0.6 is 0 Å². The Hall–Kier alpha value is -0.940. The first-order valence-corrected chi connectivity index (χ1v) is 7.52. The Morgan fingerprint density at radius 2 is 2.05 bits per heavy atom. The van der Waals surface area contributed by atoms with E-state index in [1.807, 2.05) is 10.9 Å². The quantitative estimate of drug-likeness (QED) is 0.854. The van der Waals surface area contributed by atoms with Crippen LogP contribution in [0.5, 0.6) is 0 Å². The van der Waals surface area contributed by atoms with E-state index in [1.165, 1.54) is 12.8 Å². The van der Waals surface area contributed by atoms with Gasteiger partial charge in [-0.2, -0.15) is 0 Å². The van der Waals surface area contributed by atoms with Crippen LogP contribution in [0.15, 0.2) is 6.20 Å². The van der Waals surface area contributed by atoms with Crippen LogP contribution in [-0.2, 0) is 6.54 Å². The Balaban J connectivity index is 2.23. The standard InChI is InChI=1S/C14H27N5/c1-4-8-19-12(11-16-17-19)13(15)14(3,5-2)18-9-6-7-10-18/h11,13H,4-10,15H2,1-3H3. The molecule has 2 rings (SSSR count). The molecule has 0 radical (unpaired) electrons. The van der Waals surface area contributed by atoms with Gasteiger partial charge in [0.1, 0.15) is 0 Å². The summed E-state index contributed by atoms with van der Waals surface area (Å²) in [5, 5.41) is 8.22. The molecular weight excluding hydrogens is 238 g/mol. The van der Waals surface area contributed by atoms with Crippen LogP contribution in [-0.4, -0.2) is 38.5 Å². The molecule has 5 nitrogen and oxygen atoms in total. The van der Waals surface area contributed by atoms with Crippen LogP contribution in [0.1, 0.15) is 58.2 Å². The molecule has 1 fully saturated rings. The molecule has 0 aromatic carbocycles. The Morgan fingerprint density at radius 1 is 1.37 bits per heavy atom. The number of nitrogens with zero attached hydrogens (tertiary/aromatic N) is 4. The Kier molecular flexibility index (Phi) is 4.58. The number of hydrogen-bond donors (Lipinski definition) is 1. The monoisotopic (exact) mass is 265 g/mol. The van der Waals surface area contributed by atoms with Crippen molar-refractivity contribution in [2.45, 2.75) is 64.6 Å². The summed E-state index contributed by atoms with van der Waals surface area (Å²) in [6, 6.07) is -0.0304. The van der Waals surface area contributed by atoms with Crippen molar-refractivity contribution in [3.05, 3.63) is 11.9 Å². The summed E-state index contributed by atoms with van der Waals surface area (Å²) < 4.78 is 1.97. The van der Waals surface area contributed by atoms with Crippen LogP contribution in [0, 0.1) is 0 Å². The van der Waals surface area contributed by atoms with Gasteiger partial charge in [0.25, 0.3) is 0 Å². The van der Waals surface area contributed by atoms with Crippen LogP contribution < -0.4 is 5.73 Å². The zero-order valence-corrected chi connectivity index (χ0v) is 12.5. The van der Waals surface area contributed by atoms with Gasteiger partial charge in [0.05, 0.1) is 17.9 Å². The predicted octanol–water partition coefficient (Wildman–Crippen LogP) is 1.95. The molecule has 0 spiro atoms. The molecule has 0 aliphatic carbocycles. The maximum atomic E-state index is 6.60. The van der Waals surface area contributed by atoms with Crippen LogP contribution in [0.3, 0.4) is 0 Å². The molecule has 19 heavy (non-hydrogen) atoms. The fourth-order valence-corrected chi connectivity index (χ4v) is 3.08. The van der Waals surface area contributed by atoms with E-state index in [9.17, 15) is 0 Å². The van der Waals surface area contributed by atoms with E-state index < -0.39 is 0 Å². The Bertz CT molecular complexity index is 396. The molecule has 1 aromatic rings. The zero-order valence-electron chi connectivity index (χ0n) is 12.5. The minimum atomic E-state index is -0.0304. The van der Waals surface area contributed by atoms with E-state index in [1.54, 1.807) is 0 Å². The fraction of sp³-hybridized carbons (Fsp3) is 0.857. The lowest BCUT2D eigenvalue weighted by Crippen LogP contribution is -2.52. The third-order valence-electron chi connectivity index (χ3n) is 4.62. The highest BCUT2D eigenvalue weighted by atomic mass is 15.4. The number of aryl methyl sites for hydroxylation is 1. The van der Waals surface area contributed by atoms with Crippen molar-refractivity contribution >= 4 is 0 Å². The third-order valence-corrected chi connectivity index (χ3v) is 4.62. The minimum Gasteiger partial charge on any atom is -0.321 e. The second-order valence-electron chi connectivity index (χ2n) is 5.76. The van der Waals surface area contributed by atoms with Gasteiger partial charge in [0, 0.05) is 12.1 Å². The molecule has 2 atom stereocenters. The summed E-state index contributed by atoms with van der Waals surface area (Å²) in [5.74, 6) is 0. The highest BCUT2D eigenvalue weighted by molar-refractivity contribution is 5.11. The van der Waals surface area contributed by atoms with Crippen LogP contribution in [0.25, 0.3) is 0 Å². The van der Waals surface area contributed by atoms with Gasteiger partial charge in [-0.05, 0) is 45.7 Å². The first kappa shape index (κ1) is 14.5. The average Bonchev–Trinajstić information content (AvgIpc) is 3.08. The van der Waals surface area contributed by atoms with Gasteiger partial charge < -0.3 is 5.73 Å². The molecule has 0 bridgehead atoms. The Labute approximate surface area is 116 Å². The van der Waals surface area contributed by atoms with E-state index >= 15 is 0 Å². The summed E-state index contributed by atoms with van der Waals surface area (Å²) >= 11 is 0. The molecule has 5 heteroatoms. The molecule has 1 aliphatic rings. The molecule has 0 amide bonds. The topological polar surface area (TPSA) is 60.0 Å². The molecule has 2 N–H and O–H groups in total. The van der Waals surface area contributed by atoms with Crippen molar-refractivity contribution in [3.63, 3.8) is 0 Å². The maximum Gasteiger partial charge on any atom is 0.0773 e. The predicted molar refractivity (Wildman–Crippen MR) is 76.7 cm³/mol. The van der Waals surface area contributed by atoms with Crippen molar-refractivity contribution in [2.75, 3.05) is 13.1 Å². The Morgan fingerprint density at radius 3 is 2.63 bits per heavy atom.